The van der Waals surface area contributed by atoms with E-state index < -0.39 is 10.0 Å². The van der Waals surface area contributed by atoms with E-state index in [0.29, 0.717) is 29.4 Å². The summed E-state index contributed by atoms with van der Waals surface area (Å²) < 4.78 is 27.9. The lowest BCUT2D eigenvalue weighted by Gasteiger charge is -2.29. The van der Waals surface area contributed by atoms with Crippen LogP contribution in [0, 0.1) is 11.8 Å². The van der Waals surface area contributed by atoms with Crippen LogP contribution in [0.1, 0.15) is 46.5 Å². The van der Waals surface area contributed by atoms with Gasteiger partial charge in [0.15, 0.2) is 0 Å². The Balaban J connectivity index is 1.30. The Kier molecular flexibility index (Phi) is 7.83. The van der Waals surface area contributed by atoms with E-state index in [1.54, 1.807) is 18.2 Å². The highest BCUT2D eigenvalue weighted by atomic mass is 35.5. The van der Waals surface area contributed by atoms with E-state index in [0.717, 1.165) is 48.9 Å². The van der Waals surface area contributed by atoms with Crippen molar-refractivity contribution in [3.63, 3.8) is 0 Å². The maximum Gasteiger partial charge on any atom is 0.240 e. The van der Waals surface area contributed by atoms with Crippen LogP contribution in [0.5, 0.6) is 0 Å². The second-order valence-electron chi connectivity index (χ2n) is 10.4. The zero-order chi connectivity index (χ0) is 25.1. The van der Waals surface area contributed by atoms with Crippen LogP contribution in [0.25, 0.3) is 10.9 Å². The van der Waals surface area contributed by atoms with E-state index in [-0.39, 0.29) is 10.4 Å². The summed E-state index contributed by atoms with van der Waals surface area (Å²) in [4.78, 5) is 9.67. The summed E-state index contributed by atoms with van der Waals surface area (Å²) in [6.07, 6.45) is 4.05. The fraction of sp³-hybridized carbons (Fsp3) is 0.462. The maximum atomic E-state index is 12.6. The molecule has 2 aromatic carbocycles. The number of para-hydroxylation sites is 1. The van der Waals surface area contributed by atoms with Crippen LogP contribution in [-0.4, -0.2) is 37.0 Å². The molecule has 1 aromatic heterocycles. The predicted octanol–water partition coefficient (Wildman–Crippen LogP) is 5.69. The fourth-order valence-corrected chi connectivity index (χ4v) is 5.84. The van der Waals surface area contributed by atoms with Gasteiger partial charge in [-0.3, -0.25) is 0 Å². The van der Waals surface area contributed by atoms with Crippen molar-refractivity contribution in [2.24, 2.45) is 11.8 Å². The minimum absolute atomic E-state index is 0.110. The standard InChI is InChI=1S/C26H34ClN5O2S/c1-26(2,3)32-24-22-9-4-5-10-23(22)30-25(31-24)28-16-18-11-13-19(14-12-18)17-29-35(33,34)21-8-6-7-20(27)15-21/h4-10,15,18-19,29H,11-14,16-17H2,1-3H3,(H2,28,30,31,32)/t18-,19-. The highest BCUT2D eigenvalue weighted by molar-refractivity contribution is 7.89. The molecule has 1 saturated carbocycles. The summed E-state index contributed by atoms with van der Waals surface area (Å²) in [7, 11) is -3.55. The predicted molar refractivity (Wildman–Crippen MR) is 143 cm³/mol. The van der Waals surface area contributed by atoms with Crippen LogP contribution in [-0.2, 0) is 10.0 Å². The smallest absolute Gasteiger partial charge is 0.240 e. The molecule has 35 heavy (non-hydrogen) atoms. The first kappa shape index (κ1) is 25.7. The largest absolute Gasteiger partial charge is 0.365 e. The number of halogens is 1. The molecular formula is C26H34ClN5O2S. The minimum atomic E-state index is -3.55. The van der Waals surface area contributed by atoms with Crippen molar-refractivity contribution < 1.29 is 8.42 Å². The van der Waals surface area contributed by atoms with Gasteiger partial charge in [-0.25, -0.2) is 18.1 Å². The van der Waals surface area contributed by atoms with Crippen LogP contribution in [0.15, 0.2) is 53.4 Å². The van der Waals surface area contributed by atoms with Crippen molar-refractivity contribution in [2.75, 3.05) is 23.7 Å². The molecule has 0 bridgehead atoms. The molecule has 3 N–H and O–H groups in total. The summed E-state index contributed by atoms with van der Waals surface area (Å²) in [5.41, 5.74) is 0.800. The first-order valence-corrected chi connectivity index (χ1v) is 14.0. The number of sulfonamides is 1. The normalized spacial score (nSPS) is 19.0. The average molecular weight is 516 g/mol. The maximum absolute atomic E-state index is 12.6. The zero-order valence-electron chi connectivity index (χ0n) is 20.5. The van der Waals surface area contributed by atoms with Gasteiger partial charge in [-0.1, -0.05) is 29.8 Å². The first-order chi connectivity index (χ1) is 16.6. The van der Waals surface area contributed by atoms with Gasteiger partial charge in [-0.05, 0) is 88.6 Å². The lowest BCUT2D eigenvalue weighted by Crippen LogP contribution is -2.32. The molecule has 9 heteroatoms. The molecule has 1 aliphatic rings. The topological polar surface area (TPSA) is 96.0 Å². The summed E-state index contributed by atoms with van der Waals surface area (Å²) >= 11 is 5.94. The highest BCUT2D eigenvalue weighted by Gasteiger charge is 2.24. The van der Waals surface area contributed by atoms with Crippen molar-refractivity contribution in [3.8, 4) is 0 Å². The Bertz CT molecular complexity index is 1270. The SMILES string of the molecule is CC(C)(C)Nc1nc(NC[C@H]2CC[C@H](CNS(=O)(=O)c3cccc(Cl)c3)CC2)nc2ccccc12. The Labute approximate surface area is 213 Å². The molecule has 188 valence electrons. The lowest BCUT2D eigenvalue weighted by molar-refractivity contribution is 0.284. The Morgan fingerprint density at radius 3 is 2.31 bits per heavy atom. The number of nitrogens with one attached hydrogen (secondary N) is 3. The molecule has 0 amide bonds. The third-order valence-electron chi connectivity index (χ3n) is 6.28. The number of rotatable bonds is 8. The second kappa shape index (κ2) is 10.7. The monoisotopic (exact) mass is 515 g/mol. The summed E-state index contributed by atoms with van der Waals surface area (Å²) in [5.74, 6) is 2.30. The van der Waals surface area contributed by atoms with Crippen molar-refractivity contribution in [1.29, 1.82) is 0 Å². The fourth-order valence-electron chi connectivity index (χ4n) is 4.43. The highest BCUT2D eigenvalue weighted by Crippen LogP contribution is 2.30. The molecule has 0 aliphatic heterocycles. The van der Waals surface area contributed by atoms with E-state index >= 15 is 0 Å². The minimum Gasteiger partial charge on any atom is -0.365 e. The molecule has 3 aromatic rings. The molecule has 0 unspecified atom stereocenters. The van der Waals surface area contributed by atoms with Crippen molar-refractivity contribution in [2.45, 2.75) is 56.9 Å². The van der Waals surface area contributed by atoms with Gasteiger partial charge >= 0.3 is 0 Å². The van der Waals surface area contributed by atoms with Gasteiger partial charge in [0, 0.05) is 29.0 Å². The van der Waals surface area contributed by atoms with E-state index in [1.807, 2.05) is 24.3 Å². The number of benzene rings is 2. The van der Waals surface area contributed by atoms with E-state index in [9.17, 15) is 8.42 Å². The van der Waals surface area contributed by atoms with Crippen LogP contribution >= 0.6 is 11.6 Å². The summed E-state index contributed by atoms with van der Waals surface area (Å²) in [5, 5.41) is 8.36. The molecule has 1 fully saturated rings. The zero-order valence-corrected chi connectivity index (χ0v) is 22.1. The van der Waals surface area contributed by atoms with Crippen LogP contribution in [0.3, 0.4) is 0 Å². The van der Waals surface area contributed by atoms with E-state index in [4.69, 9.17) is 21.6 Å². The van der Waals surface area contributed by atoms with Gasteiger partial charge in [0.25, 0.3) is 0 Å². The average Bonchev–Trinajstić information content (AvgIpc) is 2.81. The number of fused-ring (bicyclic) bond motifs is 1. The van der Waals surface area contributed by atoms with Gasteiger partial charge in [-0.15, -0.1) is 0 Å². The van der Waals surface area contributed by atoms with Gasteiger partial charge in [0.05, 0.1) is 10.4 Å². The van der Waals surface area contributed by atoms with E-state index in [2.05, 4.69) is 36.1 Å². The molecule has 0 spiro atoms. The Hall–Kier alpha value is -2.42. The van der Waals surface area contributed by atoms with Gasteiger partial charge < -0.3 is 10.6 Å². The number of nitrogens with zero attached hydrogens (tertiary/aromatic N) is 2. The van der Waals surface area contributed by atoms with Crippen molar-refractivity contribution in [3.05, 3.63) is 53.6 Å². The number of hydrogen-bond donors (Lipinski definition) is 3. The summed E-state index contributed by atoms with van der Waals surface area (Å²) in [6, 6.07) is 14.4. The molecule has 0 radical (unpaired) electrons. The molecular weight excluding hydrogens is 482 g/mol. The quantitative estimate of drug-likeness (QED) is 0.356. The van der Waals surface area contributed by atoms with Gasteiger partial charge in [0.1, 0.15) is 5.82 Å². The molecule has 7 nitrogen and oxygen atoms in total. The van der Waals surface area contributed by atoms with Gasteiger partial charge in [0.2, 0.25) is 16.0 Å². The Morgan fingerprint density at radius 1 is 0.943 bits per heavy atom. The molecule has 1 aliphatic carbocycles. The number of anilines is 2. The van der Waals surface area contributed by atoms with Crippen LogP contribution in [0.4, 0.5) is 11.8 Å². The Morgan fingerprint density at radius 2 is 1.63 bits per heavy atom. The lowest BCUT2D eigenvalue weighted by atomic mass is 9.82. The molecule has 0 saturated heterocycles. The number of aromatic nitrogens is 2. The third-order valence-corrected chi connectivity index (χ3v) is 7.94. The van der Waals surface area contributed by atoms with Crippen LogP contribution in [0.2, 0.25) is 5.02 Å². The van der Waals surface area contributed by atoms with Crippen molar-refractivity contribution >= 4 is 44.3 Å². The van der Waals surface area contributed by atoms with Gasteiger partial charge in [-0.2, -0.15) is 4.98 Å². The van der Waals surface area contributed by atoms with Crippen molar-refractivity contribution in [1.82, 2.24) is 14.7 Å². The first-order valence-electron chi connectivity index (χ1n) is 12.1. The summed E-state index contributed by atoms with van der Waals surface area (Å²) in [6.45, 7) is 7.60. The third kappa shape index (κ3) is 7.06. The molecule has 0 atom stereocenters. The second-order valence-corrected chi connectivity index (χ2v) is 12.6. The van der Waals surface area contributed by atoms with E-state index in [1.165, 1.54) is 6.07 Å². The molecule has 4 rings (SSSR count). The number of hydrogen-bond acceptors (Lipinski definition) is 6. The molecule has 1 heterocycles. The van der Waals surface area contributed by atoms with Crippen LogP contribution < -0.4 is 15.4 Å².